The van der Waals surface area contributed by atoms with Crippen LogP contribution in [-0.2, 0) is 14.4 Å². The van der Waals surface area contributed by atoms with Crippen LogP contribution in [0.4, 0.5) is 5.69 Å². The number of amides is 2. The minimum atomic E-state index is -1.00. The molecule has 2 aliphatic rings. The first-order chi connectivity index (χ1) is 11.4. The van der Waals surface area contributed by atoms with Crippen molar-refractivity contribution in [3.8, 4) is 0 Å². The third kappa shape index (κ3) is 3.45. The second-order valence-corrected chi connectivity index (χ2v) is 7.36. The number of aliphatic carboxylic acids is 1. The van der Waals surface area contributed by atoms with E-state index in [0.29, 0.717) is 0 Å². The number of hydrogen-bond donors (Lipinski definition) is 2. The van der Waals surface area contributed by atoms with Crippen LogP contribution in [-0.4, -0.2) is 35.5 Å². The molecule has 1 aliphatic heterocycles. The summed E-state index contributed by atoms with van der Waals surface area (Å²) in [6.07, 6.45) is 1.76. The molecule has 6 nitrogen and oxygen atoms in total. The van der Waals surface area contributed by atoms with Crippen molar-refractivity contribution in [1.82, 2.24) is 5.32 Å². The Bertz CT molecular complexity index is 702. The van der Waals surface area contributed by atoms with E-state index >= 15 is 0 Å². The van der Waals surface area contributed by atoms with E-state index in [4.69, 9.17) is 0 Å². The number of carbonyl (C=O) groups excluding carboxylic acids is 2. The third-order valence-electron chi connectivity index (χ3n) is 4.61. The van der Waals surface area contributed by atoms with Crippen LogP contribution in [0.25, 0.3) is 0 Å². The normalized spacial score (nSPS) is 21.7. The van der Waals surface area contributed by atoms with E-state index in [2.05, 4.69) is 21.2 Å². The molecule has 3 rings (SSSR count). The van der Waals surface area contributed by atoms with Crippen molar-refractivity contribution >= 4 is 39.4 Å². The van der Waals surface area contributed by atoms with Gasteiger partial charge in [-0.3, -0.25) is 9.59 Å². The first-order valence-electron chi connectivity index (χ1n) is 7.96. The molecule has 128 valence electrons. The van der Waals surface area contributed by atoms with Crippen molar-refractivity contribution in [2.75, 3.05) is 11.4 Å². The molecule has 7 heteroatoms. The summed E-state index contributed by atoms with van der Waals surface area (Å²) in [5.41, 5.74) is 1.76. The van der Waals surface area contributed by atoms with E-state index in [1.165, 1.54) is 0 Å². The molecule has 0 radical (unpaired) electrons. The summed E-state index contributed by atoms with van der Waals surface area (Å²) in [5.74, 6) is -1.96. The predicted molar refractivity (Wildman–Crippen MR) is 91.6 cm³/mol. The van der Waals surface area contributed by atoms with Gasteiger partial charge in [-0.1, -0.05) is 15.9 Å². The van der Waals surface area contributed by atoms with E-state index in [-0.39, 0.29) is 30.7 Å². The van der Waals surface area contributed by atoms with Crippen LogP contribution in [0.2, 0.25) is 0 Å². The van der Waals surface area contributed by atoms with Crippen molar-refractivity contribution in [2.45, 2.75) is 32.2 Å². The van der Waals surface area contributed by atoms with Crippen molar-refractivity contribution in [3.05, 3.63) is 28.2 Å². The van der Waals surface area contributed by atoms with Gasteiger partial charge in [-0.15, -0.1) is 0 Å². The molecular formula is C17H19BrN2O4. The molecule has 24 heavy (non-hydrogen) atoms. The first kappa shape index (κ1) is 17.0. The molecule has 1 saturated heterocycles. The standard InChI is InChI=1S/C17H19BrN2O4/c1-9-6-12(4-5-13(9)18)20-8-11(7-14(20)21)16(22)19-15(17(23)24)10-2-3-10/h4-6,10-11,15H,2-3,7-8H2,1H3,(H,19,22)(H,23,24). The molecule has 0 bridgehead atoms. The van der Waals surface area contributed by atoms with Crippen LogP contribution in [0.3, 0.4) is 0 Å². The Morgan fingerprint density at radius 1 is 1.38 bits per heavy atom. The number of benzene rings is 1. The van der Waals surface area contributed by atoms with Gasteiger partial charge in [0.05, 0.1) is 5.92 Å². The number of aryl methyl sites for hydroxylation is 1. The zero-order valence-corrected chi connectivity index (χ0v) is 14.9. The van der Waals surface area contributed by atoms with Crippen LogP contribution in [0.15, 0.2) is 22.7 Å². The first-order valence-corrected chi connectivity index (χ1v) is 8.76. The second-order valence-electron chi connectivity index (χ2n) is 6.50. The maximum absolute atomic E-state index is 12.4. The summed E-state index contributed by atoms with van der Waals surface area (Å²) in [7, 11) is 0. The lowest BCUT2D eigenvalue weighted by molar-refractivity contribution is -0.143. The fourth-order valence-electron chi connectivity index (χ4n) is 3.01. The number of carboxylic acids is 1. The molecule has 1 aromatic carbocycles. The highest BCUT2D eigenvalue weighted by Crippen LogP contribution is 2.33. The number of nitrogens with one attached hydrogen (secondary N) is 1. The summed E-state index contributed by atoms with van der Waals surface area (Å²) < 4.78 is 0.959. The maximum Gasteiger partial charge on any atom is 0.326 e. The zero-order chi connectivity index (χ0) is 17.4. The average Bonchev–Trinajstić information content (AvgIpc) is 3.29. The third-order valence-corrected chi connectivity index (χ3v) is 5.50. The highest BCUT2D eigenvalue weighted by atomic mass is 79.9. The van der Waals surface area contributed by atoms with Gasteiger partial charge in [0.2, 0.25) is 11.8 Å². The minimum absolute atomic E-state index is 0.0220. The quantitative estimate of drug-likeness (QED) is 0.800. The van der Waals surface area contributed by atoms with Gasteiger partial charge in [0.25, 0.3) is 0 Å². The molecule has 1 saturated carbocycles. The van der Waals surface area contributed by atoms with Gasteiger partial charge in [-0.2, -0.15) is 0 Å². The van der Waals surface area contributed by atoms with Gasteiger partial charge in [0, 0.05) is 23.1 Å². The van der Waals surface area contributed by atoms with Crippen LogP contribution in [0, 0.1) is 18.8 Å². The molecule has 0 spiro atoms. The van der Waals surface area contributed by atoms with Gasteiger partial charge in [-0.25, -0.2) is 4.79 Å². The van der Waals surface area contributed by atoms with Crippen LogP contribution < -0.4 is 10.2 Å². The topological polar surface area (TPSA) is 86.7 Å². The van der Waals surface area contributed by atoms with Crippen LogP contribution >= 0.6 is 15.9 Å². The summed E-state index contributed by atoms with van der Waals surface area (Å²) >= 11 is 3.43. The van der Waals surface area contributed by atoms with Crippen molar-refractivity contribution in [1.29, 1.82) is 0 Å². The fourth-order valence-corrected chi connectivity index (χ4v) is 3.26. The lowest BCUT2D eigenvalue weighted by Crippen LogP contribution is -2.45. The predicted octanol–water partition coefficient (Wildman–Crippen LogP) is 2.09. The minimum Gasteiger partial charge on any atom is -0.480 e. The van der Waals surface area contributed by atoms with E-state index in [1.807, 2.05) is 25.1 Å². The summed E-state index contributed by atoms with van der Waals surface area (Å²) in [5, 5.41) is 11.8. The molecule has 2 fully saturated rings. The Balaban J connectivity index is 1.68. The average molecular weight is 395 g/mol. The van der Waals surface area contributed by atoms with Gasteiger partial charge in [0.1, 0.15) is 6.04 Å². The number of anilines is 1. The molecule has 2 atom stereocenters. The van der Waals surface area contributed by atoms with Gasteiger partial charge < -0.3 is 15.3 Å². The number of carbonyl (C=O) groups is 3. The van der Waals surface area contributed by atoms with Crippen molar-refractivity contribution in [2.24, 2.45) is 11.8 Å². The number of carboxylic acid groups (broad SMARTS) is 1. The molecule has 1 heterocycles. The van der Waals surface area contributed by atoms with E-state index in [9.17, 15) is 19.5 Å². The maximum atomic E-state index is 12.4. The summed E-state index contributed by atoms with van der Waals surface area (Å²) in [4.78, 5) is 37.5. The number of halogens is 1. The molecule has 1 aromatic rings. The second kappa shape index (κ2) is 6.55. The Hall–Kier alpha value is -1.89. The van der Waals surface area contributed by atoms with Gasteiger partial charge in [-0.05, 0) is 49.4 Å². The van der Waals surface area contributed by atoms with Gasteiger partial charge in [0.15, 0.2) is 0 Å². The lowest BCUT2D eigenvalue weighted by Gasteiger charge is -2.19. The van der Waals surface area contributed by atoms with Crippen molar-refractivity contribution < 1.29 is 19.5 Å². The highest BCUT2D eigenvalue weighted by molar-refractivity contribution is 9.10. The Morgan fingerprint density at radius 3 is 2.67 bits per heavy atom. The molecule has 2 amide bonds. The number of hydrogen-bond acceptors (Lipinski definition) is 3. The molecule has 1 aliphatic carbocycles. The Kier molecular flexibility index (Phi) is 4.62. The Labute approximate surface area is 148 Å². The van der Waals surface area contributed by atoms with E-state index < -0.39 is 17.9 Å². The lowest BCUT2D eigenvalue weighted by atomic mass is 10.1. The molecule has 0 aromatic heterocycles. The highest BCUT2D eigenvalue weighted by Gasteiger charge is 2.41. The molecule has 2 unspecified atom stereocenters. The van der Waals surface area contributed by atoms with Crippen LogP contribution in [0.1, 0.15) is 24.8 Å². The van der Waals surface area contributed by atoms with Crippen molar-refractivity contribution in [3.63, 3.8) is 0 Å². The molecule has 2 N–H and O–H groups in total. The SMILES string of the molecule is Cc1cc(N2CC(C(=O)NC(C(=O)O)C3CC3)CC2=O)ccc1Br. The number of nitrogens with zero attached hydrogens (tertiary/aromatic N) is 1. The monoisotopic (exact) mass is 394 g/mol. The number of rotatable bonds is 5. The summed E-state index contributed by atoms with van der Waals surface area (Å²) in [6.45, 7) is 2.22. The smallest absolute Gasteiger partial charge is 0.326 e. The zero-order valence-electron chi connectivity index (χ0n) is 13.3. The summed E-state index contributed by atoms with van der Waals surface area (Å²) in [6, 6.07) is 4.77. The van der Waals surface area contributed by atoms with E-state index in [0.717, 1.165) is 28.6 Å². The fraction of sp³-hybridized carbons (Fsp3) is 0.471. The van der Waals surface area contributed by atoms with E-state index in [1.54, 1.807) is 4.90 Å². The molecular weight excluding hydrogens is 376 g/mol. The largest absolute Gasteiger partial charge is 0.480 e. The van der Waals surface area contributed by atoms with Crippen LogP contribution in [0.5, 0.6) is 0 Å². The van der Waals surface area contributed by atoms with Gasteiger partial charge >= 0.3 is 5.97 Å². The Morgan fingerprint density at radius 2 is 2.08 bits per heavy atom.